The second kappa shape index (κ2) is 7.19. The molecule has 32 heavy (non-hydrogen) atoms. The zero-order chi connectivity index (χ0) is 22.0. The van der Waals surface area contributed by atoms with Gasteiger partial charge in [0.1, 0.15) is 11.6 Å². The number of H-pyrrole nitrogens is 2. The minimum Gasteiger partial charge on any atom is -0.342 e. The van der Waals surface area contributed by atoms with Crippen LogP contribution in [-0.2, 0) is 25.7 Å². The molecule has 2 aromatic heterocycles. The molecule has 0 saturated carbocycles. The maximum absolute atomic E-state index is 4.59. The highest BCUT2D eigenvalue weighted by molar-refractivity contribution is 5.85. The number of rotatable bonds is 4. The normalized spacial score (nSPS) is 14.3. The van der Waals surface area contributed by atoms with E-state index in [0.29, 0.717) is 11.8 Å². The fraction of sp³-hybridized carbons (Fsp3) is 0.357. The Morgan fingerprint density at radius 1 is 0.594 bits per heavy atom. The molecular formula is C28H30N4. The van der Waals surface area contributed by atoms with Gasteiger partial charge in [-0.1, -0.05) is 27.7 Å². The number of hydrogen-bond acceptors (Lipinski definition) is 2. The van der Waals surface area contributed by atoms with Crippen LogP contribution in [0, 0.1) is 0 Å². The van der Waals surface area contributed by atoms with Crippen molar-refractivity contribution in [1.29, 1.82) is 0 Å². The topological polar surface area (TPSA) is 57.4 Å². The third-order valence-corrected chi connectivity index (χ3v) is 7.09. The zero-order valence-corrected chi connectivity index (χ0v) is 19.3. The molecule has 0 unspecified atom stereocenters. The third-order valence-electron chi connectivity index (χ3n) is 7.09. The highest BCUT2D eigenvalue weighted by atomic mass is 14.9. The van der Waals surface area contributed by atoms with E-state index >= 15 is 0 Å². The number of imidazole rings is 2. The Morgan fingerprint density at radius 2 is 0.938 bits per heavy atom. The Morgan fingerprint density at radius 3 is 1.22 bits per heavy atom. The van der Waals surface area contributed by atoms with Gasteiger partial charge in [-0.15, -0.1) is 0 Å². The lowest BCUT2D eigenvalue weighted by Crippen LogP contribution is -2.14. The van der Waals surface area contributed by atoms with Crippen LogP contribution < -0.4 is 0 Å². The summed E-state index contributed by atoms with van der Waals surface area (Å²) in [5, 5.41) is 0. The lowest BCUT2D eigenvalue weighted by atomic mass is 9.74. The molecule has 2 heterocycles. The molecular weight excluding hydrogens is 392 g/mol. The number of aromatic nitrogens is 4. The van der Waals surface area contributed by atoms with Gasteiger partial charge in [0.05, 0.1) is 23.8 Å². The zero-order valence-electron chi connectivity index (χ0n) is 19.3. The van der Waals surface area contributed by atoms with Crippen LogP contribution >= 0.6 is 0 Å². The maximum Gasteiger partial charge on any atom is 0.109 e. The summed E-state index contributed by atoms with van der Waals surface area (Å²) in [5.41, 5.74) is 13.8. The molecule has 0 aliphatic heterocycles. The summed E-state index contributed by atoms with van der Waals surface area (Å²) in [6.45, 7) is 8.72. The molecule has 0 fully saturated rings. The Labute approximate surface area is 189 Å². The Kier molecular flexibility index (Phi) is 4.39. The molecule has 0 radical (unpaired) electrons. The monoisotopic (exact) mass is 422 g/mol. The van der Waals surface area contributed by atoms with Crippen molar-refractivity contribution in [3.8, 4) is 33.6 Å². The molecule has 4 nitrogen and oxygen atoms in total. The van der Waals surface area contributed by atoms with Gasteiger partial charge in [-0.2, -0.15) is 0 Å². The average Bonchev–Trinajstić information content (AvgIpc) is 3.47. The quantitative estimate of drug-likeness (QED) is 0.390. The van der Waals surface area contributed by atoms with Crippen LogP contribution in [0.1, 0.15) is 73.4 Å². The van der Waals surface area contributed by atoms with Crippen LogP contribution in [0.5, 0.6) is 0 Å². The van der Waals surface area contributed by atoms with Gasteiger partial charge in [0, 0.05) is 23.0 Å². The van der Waals surface area contributed by atoms with E-state index in [4.69, 9.17) is 0 Å². The van der Waals surface area contributed by atoms with Crippen molar-refractivity contribution in [2.24, 2.45) is 0 Å². The van der Waals surface area contributed by atoms with Gasteiger partial charge in [0.15, 0.2) is 0 Å². The SMILES string of the molecule is CC(C)c1ncc(-c2cc3c4c(c2)CCc2cc(-c5cnc(C(C)C)[nH]5)cc(c2-4)CC3)[nH]1. The first-order chi connectivity index (χ1) is 15.5. The van der Waals surface area contributed by atoms with E-state index in [-0.39, 0.29) is 0 Å². The molecule has 4 aromatic rings. The Bertz CT molecular complexity index is 1180. The first-order valence-corrected chi connectivity index (χ1v) is 11.9. The summed E-state index contributed by atoms with van der Waals surface area (Å²) >= 11 is 0. The predicted molar refractivity (Wildman–Crippen MR) is 130 cm³/mol. The standard InChI is InChI=1S/C28H30N4/c1-15(2)27-29-13-23(31-27)21-9-17-5-7-19-11-22(24-14-30-28(32-24)16(3)4)12-20-8-6-18(10-21)25(17)26(19)20/h9-16H,5-8H2,1-4H3,(H,29,31)(H,30,32). The number of benzene rings is 2. The molecule has 2 aromatic carbocycles. The molecule has 2 N–H and O–H groups in total. The largest absolute Gasteiger partial charge is 0.342 e. The van der Waals surface area contributed by atoms with E-state index < -0.39 is 0 Å². The van der Waals surface area contributed by atoms with Crippen molar-refractivity contribution in [3.63, 3.8) is 0 Å². The smallest absolute Gasteiger partial charge is 0.109 e. The van der Waals surface area contributed by atoms with Gasteiger partial charge >= 0.3 is 0 Å². The summed E-state index contributed by atoms with van der Waals surface area (Å²) in [5.74, 6) is 2.95. The lowest BCUT2D eigenvalue weighted by molar-refractivity contribution is 0.795. The van der Waals surface area contributed by atoms with Gasteiger partial charge in [-0.05, 0) is 83.3 Å². The molecule has 0 amide bonds. The Balaban J connectivity index is 1.44. The summed E-state index contributed by atoms with van der Waals surface area (Å²) in [4.78, 5) is 16.3. The number of nitrogens with zero attached hydrogens (tertiary/aromatic N) is 2. The van der Waals surface area contributed by atoms with Crippen molar-refractivity contribution >= 4 is 0 Å². The van der Waals surface area contributed by atoms with Crippen LogP contribution in [-0.4, -0.2) is 19.9 Å². The summed E-state index contributed by atoms with van der Waals surface area (Å²) in [7, 11) is 0. The maximum atomic E-state index is 4.59. The van der Waals surface area contributed by atoms with Crippen LogP contribution in [0.3, 0.4) is 0 Å². The van der Waals surface area contributed by atoms with Crippen molar-refractivity contribution < 1.29 is 0 Å². The molecule has 0 spiro atoms. The van der Waals surface area contributed by atoms with Crippen molar-refractivity contribution in [2.75, 3.05) is 0 Å². The van der Waals surface area contributed by atoms with Gasteiger partial charge in [0.2, 0.25) is 0 Å². The fourth-order valence-corrected chi connectivity index (χ4v) is 5.37. The van der Waals surface area contributed by atoms with E-state index in [2.05, 4.69) is 71.9 Å². The first-order valence-electron chi connectivity index (χ1n) is 11.9. The third kappa shape index (κ3) is 3.04. The highest BCUT2D eigenvalue weighted by Gasteiger charge is 2.27. The lowest BCUT2D eigenvalue weighted by Gasteiger charge is -2.30. The van der Waals surface area contributed by atoms with E-state index in [1.165, 1.54) is 44.5 Å². The van der Waals surface area contributed by atoms with Gasteiger partial charge in [-0.25, -0.2) is 9.97 Å². The minimum absolute atomic E-state index is 0.412. The molecule has 4 heteroatoms. The minimum atomic E-state index is 0.412. The van der Waals surface area contributed by atoms with Crippen molar-refractivity contribution in [1.82, 2.24) is 19.9 Å². The molecule has 2 aliphatic carbocycles. The van der Waals surface area contributed by atoms with Gasteiger partial charge < -0.3 is 9.97 Å². The number of hydrogen-bond donors (Lipinski definition) is 2. The highest BCUT2D eigenvalue weighted by Crippen LogP contribution is 2.45. The van der Waals surface area contributed by atoms with E-state index in [1.54, 1.807) is 0 Å². The van der Waals surface area contributed by atoms with Crippen LogP contribution in [0.4, 0.5) is 0 Å². The van der Waals surface area contributed by atoms with Crippen LogP contribution in [0.2, 0.25) is 0 Å². The number of aryl methyl sites for hydroxylation is 4. The first kappa shape index (κ1) is 19.5. The van der Waals surface area contributed by atoms with Gasteiger partial charge in [-0.3, -0.25) is 0 Å². The average molecular weight is 423 g/mol. The second-order valence-electron chi connectivity index (χ2n) is 10.0. The number of nitrogens with one attached hydrogen (secondary N) is 2. The Hall–Kier alpha value is -3.14. The van der Waals surface area contributed by atoms with E-state index in [1.807, 2.05) is 12.4 Å². The summed E-state index contributed by atoms with van der Waals surface area (Å²) in [6.07, 6.45) is 8.37. The molecule has 2 aliphatic rings. The van der Waals surface area contributed by atoms with Gasteiger partial charge in [0.25, 0.3) is 0 Å². The fourth-order valence-electron chi connectivity index (χ4n) is 5.37. The number of aromatic amines is 2. The predicted octanol–water partition coefficient (Wildman–Crippen LogP) is 6.58. The van der Waals surface area contributed by atoms with Crippen LogP contribution in [0.25, 0.3) is 33.6 Å². The summed E-state index contributed by atoms with van der Waals surface area (Å²) in [6, 6.07) is 9.58. The molecule has 0 saturated heterocycles. The molecule has 0 bridgehead atoms. The molecule has 6 rings (SSSR count). The van der Waals surface area contributed by atoms with Crippen molar-refractivity contribution in [3.05, 3.63) is 70.6 Å². The molecule has 0 atom stereocenters. The second-order valence-corrected chi connectivity index (χ2v) is 10.0. The van der Waals surface area contributed by atoms with Crippen LogP contribution in [0.15, 0.2) is 36.7 Å². The van der Waals surface area contributed by atoms with Crippen molar-refractivity contribution in [2.45, 2.75) is 65.2 Å². The van der Waals surface area contributed by atoms with E-state index in [9.17, 15) is 0 Å². The summed E-state index contributed by atoms with van der Waals surface area (Å²) < 4.78 is 0. The van der Waals surface area contributed by atoms with E-state index in [0.717, 1.165) is 48.7 Å². The molecule has 162 valence electrons.